The van der Waals surface area contributed by atoms with Crippen LogP contribution in [0.3, 0.4) is 0 Å². The van der Waals surface area contributed by atoms with Crippen molar-refractivity contribution in [3.8, 4) is 0 Å². The van der Waals surface area contributed by atoms with E-state index in [-0.39, 0.29) is 35.9 Å². The molecule has 152 valence electrons. The van der Waals surface area contributed by atoms with Gasteiger partial charge in [0.05, 0.1) is 12.5 Å². The molecule has 1 saturated heterocycles. The first kappa shape index (κ1) is 22.5. The Bertz CT molecular complexity index is 796. The van der Waals surface area contributed by atoms with Crippen molar-refractivity contribution < 1.29 is 9.53 Å². The highest BCUT2D eigenvalue weighted by molar-refractivity contribution is 14.0. The van der Waals surface area contributed by atoms with Crippen molar-refractivity contribution in [2.24, 2.45) is 10.9 Å². The van der Waals surface area contributed by atoms with E-state index in [1.807, 2.05) is 14.0 Å². The van der Waals surface area contributed by atoms with Crippen LogP contribution in [0.5, 0.6) is 0 Å². The van der Waals surface area contributed by atoms with Gasteiger partial charge in [0.25, 0.3) is 0 Å². The zero-order valence-corrected chi connectivity index (χ0v) is 19.0. The van der Waals surface area contributed by atoms with E-state index in [1.165, 1.54) is 16.3 Å². The molecule has 1 aliphatic rings. The third kappa shape index (κ3) is 5.59. The van der Waals surface area contributed by atoms with Gasteiger partial charge < -0.3 is 15.0 Å². The molecule has 0 aliphatic carbocycles. The summed E-state index contributed by atoms with van der Waals surface area (Å²) in [6, 6.07) is 15.0. The van der Waals surface area contributed by atoms with Crippen LogP contribution in [0, 0.1) is 5.92 Å². The molecule has 0 amide bonds. The Kier molecular flexibility index (Phi) is 9.02. The molecule has 2 aromatic rings. The normalized spacial score (nSPS) is 15.2. The van der Waals surface area contributed by atoms with Gasteiger partial charge in [-0.05, 0) is 42.5 Å². The quantitative estimate of drug-likeness (QED) is 0.297. The van der Waals surface area contributed by atoms with Crippen LogP contribution in [-0.2, 0) is 16.0 Å². The van der Waals surface area contributed by atoms with Crippen molar-refractivity contribution >= 4 is 46.7 Å². The number of piperidine rings is 1. The first-order valence-corrected chi connectivity index (χ1v) is 9.81. The molecule has 0 bridgehead atoms. The number of carbonyl (C=O) groups excluding carboxylic acids is 1. The molecule has 28 heavy (non-hydrogen) atoms. The Balaban J connectivity index is 0.00000280. The van der Waals surface area contributed by atoms with Gasteiger partial charge in [0, 0.05) is 26.7 Å². The molecule has 6 heteroatoms. The first-order valence-electron chi connectivity index (χ1n) is 9.81. The van der Waals surface area contributed by atoms with Crippen LogP contribution in [-0.4, -0.2) is 50.1 Å². The molecule has 0 unspecified atom stereocenters. The molecule has 2 aromatic carbocycles. The average molecular weight is 495 g/mol. The molecule has 0 atom stereocenters. The van der Waals surface area contributed by atoms with E-state index in [1.54, 1.807) is 0 Å². The number of hydrogen-bond donors (Lipinski definition) is 1. The number of rotatable bonds is 5. The zero-order chi connectivity index (χ0) is 19.1. The van der Waals surface area contributed by atoms with Crippen LogP contribution in [0.15, 0.2) is 47.5 Å². The Morgan fingerprint density at radius 3 is 2.61 bits per heavy atom. The SMILES string of the molecule is CCOC(=O)C1CCN(C(=NC)NCCc2cccc3ccccc23)CC1.I. The highest BCUT2D eigenvalue weighted by Crippen LogP contribution is 2.20. The fourth-order valence-corrected chi connectivity index (χ4v) is 3.74. The monoisotopic (exact) mass is 495 g/mol. The number of benzene rings is 2. The van der Waals surface area contributed by atoms with Crippen LogP contribution >= 0.6 is 24.0 Å². The van der Waals surface area contributed by atoms with Crippen molar-refractivity contribution in [2.45, 2.75) is 26.2 Å². The van der Waals surface area contributed by atoms with E-state index in [2.05, 4.69) is 57.7 Å². The zero-order valence-electron chi connectivity index (χ0n) is 16.7. The number of halogens is 1. The first-order chi connectivity index (χ1) is 13.2. The van der Waals surface area contributed by atoms with Crippen molar-refractivity contribution in [3.05, 3.63) is 48.0 Å². The van der Waals surface area contributed by atoms with Crippen LogP contribution in [0.4, 0.5) is 0 Å². The maximum Gasteiger partial charge on any atom is 0.309 e. The molecular weight excluding hydrogens is 465 g/mol. The lowest BCUT2D eigenvalue weighted by molar-refractivity contribution is -0.149. The number of carbonyl (C=O) groups is 1. The third-order valence-electron chi connectivity index (χ3n) is 5.18. The number of ether oxygens (including phenoxy) is 1. The number of esters is 1. The van der Waals surface area contributed by atoms with E-state index in [9.17, 15) is 4.79 Å². The molecule has 1 fully saturated rings. The predicted octanol–water partition coefficient (Wildman–Crippen LogP) is 3.85. The summed E-state index contributed by atoms with van der Waals surface area (Å²) in [5, 5.41) is 6.07. The van der Waals surface area contributed by atoms with Crippen LogP contribution < -0.4 is 5.32 Å². The third-order valence-corrected chi connectivity index (χ3v) is 5.18. The number of nitrogens with zero attached hydrogens (tertiary/aromatic N) is 2. The number of hydrogen-bond acceptors (Lipinski definition) is 3. The maximum atomic E-state index is 11.9. The van der Waals surface area contributed by atoms with Gasteiger partial charge in [0.15, 0.2) is 5.96 Å². The minimum Gasteiger partial charge on any atom is -0.466 e. The second-order valence-electron chi connectivity index (χ2n) is 6.88. The minimum atomic E-state index is -0.0592. The lowest BCUT2D eigenvalue weighted by Gasteiger charge is -2.33. The van der Waals surface area contributed by atoms with Crippen molar-refractivity contribution in [1.29, 1.82) is 0 Å². The van der Waals surface area contributed by atoms with E-state index in [0.717, 1.165) is 44.9 Å². The number of nitrogens with one attached hydrogen (secondary N) is 1. The van der Waals surface area contributed by atoms with E-state index in [4.69, 9.17) is 4.74 Å². The molecule has 0 spiro atoms. The Morgan fingerprint density at radius 1 is 1.18 bits per heavy atom. The highest BCUT2D eigenvalue weighted by Gasteiger charge is 2.27. The molecular formula is C22H30IN3O2. The Morgan fingerprint density at radius 2 is 1.89 bits per heavy atom. The van der Waals surface area contributed by atoms with Gasteiger partial charge in [-0.1, -0.05) is 42.5 Å². The fourth-order valence-electron chi connectivity index (χ4n) is 3.74. The second kappa shape index (κ2) is 11.2. The summed E-state index contributed by atoms with van der Waals surface area (Å²) in [4.78, 5) is 18.6. The van der Waals surface area contributed by atoms with E-state index < -0.39 is 0 Å². The van der Waals surface area contributed by atoms with Gasteiger partial charge in [-0.25, -0.2) is 0 Å². The molecule has 5 nitrogen and oxygen atoms in total. The molecule has 0 aromatic heterocycles. The molecule has 1 aliphatic heterocycles. The lowest BCUT2D eigenvalue weighted by atomic mass is 9.97. The van der Waals surface area contributed by atoms with Gasteiger partial charge in [-0.2, -0.15) is 0 Å². The van der Waals surface area contributed by atoms with Gasteiger partial charge in [0.2, 0.25) is 0 Å². The fraction of sp³-hybridized carbons (Fsp3) is 0.455. The van der Waals surface area contributed by atoms with Gasteiger partial charge in [-0.3, -0.25) is 9.79 Å². The largest absolute Gasteiger partial charge is 0.466 e. The molecule has 1 heterocycles. The molecule has 3 rings (SSSR count). The summed E-state index contributed by atoms with van der Waals surface area (Å²) in [5.41, 5.74) is 1.34. The summed E-state index contributed by atoms with van der Waals surface area (Å²) < 4.78 is 5.15. The van der Waals surface area contributed by atoms with Gasteiger partial charge in [-0.15, -0.1) is 24.0 Å². The minimum absolute atomic E-state index is 0. The summed E-state index contributed by atoms with van der Waals surface area (Å²) in [6.07, 6.45) is 2.59. The maximum absolute atomic E-state index is 11.9. The van der Waals surface area contributed by atoms with E-state index in [0.29, 0.717) is 6.61 Å². The summed E-state index contributed by atoms with van der Waals surface area (Å²) in [7, 11) is 1.82. The van der Waals surface area contributed by atoms with Gasteiger partial charge >= 0.3 is 5.97 Å². The number of aliphatic imine (C=N–C) groups is 1. The van der Waals surface area contributed by atoms with Crippen molar-refractivity contribution in [3.63, 3.8) is 0 Å². The lowest BCUT2D eigenvalue weighted by Crippen LogP contribution is -2.47. The number of fused-ring (bicyclic) bond motifs is 1. The van der Waals surface area contributed by atoms with Crippen LogP contribution in [0.2, 0.25) is 0 Å². The number of likely N-dealkylation sites (tertiary alicyclic amines) is 1. The van der Waals surface area contributed by atoms with Crippen LogP contribution in [0.1, 0.15) is 25.3 Å². The van der Waals surface area contributed by atoms with Crippen molar-refractivity contribution in [2.75, 3.05) is 33.3 Å². The second-order valence-corrected chi connectivity index (χ2v) is 6.88. The van der Waals surface area contributed by atoms with Crippen LogP contribution in [0.25, 0.3) is 10.8 Å². The van der Waals surface area contributed by atoms with Crippen molar-refractivity contribution in [1.82, 2.24) is 10.2 Å². The smallest absolute Gasteiger partial charge is 0.309 e. The predicted molar refractivity (Wildman–Crippen MR) is 125 cm³/mol. The van der Waals surface area contributed by atoms with Gasteiger partial charge in [0.1, 0.15) is 0 Å². The topological polar surface area (TPSA) is 53.9 Å². The Hall–Kier alpha value is -1.83. The van der Waals surface area contributed by atoms with E-state index >= 15 is 0 Å². The summed E-state index contributed by atoms with van der Waals surface area (Å²) in [6.45, 7) is 4.80. The standard InChI is InChI=1S/C22H29N3O2.HI/c1-3-27-21(26)19-12-15-25(16-13-19)22(23-2)24-14-11-18-9-6-8-17-7-4-5-10-20(17)18;/h4-10,19H,3,11-16H2,1-2H3,(H,23,24);1H. The highest BCUT2D eigenvalue weighted by atomic mass is 127. The summed E-state index contributed by atoms with van der Waals surface area (Å²) >= 11 is 0. The number of guanidine groups is 1. The molecule has 1 N–H and O–H groups in total. The average Bonchev–Trinajstić information content (AvgIpc) is 2.72. The molecule has 0 radical (unpaired) electrons. The summed E-state index contributed by atoms with van der Waals surface area (Å²) in [5.74, 6) is 0.878. The molecule has 0 saturated carbocycles. The Labute approximate surface area is 184 Å².